The molecule has 1 atom stereocenters. The molecule has 0 saturated heterocycles. The lowest BCUT2D eigenvalue weighted by atomic mass is 9.82. The number of aliphatic imine (C=N–C) groups is 1. The highest BCUT2D eigenvalue weighted by Gasteiger charge is 2.23. The smallest absolute Gasteiger partial charge is 0.191 e. The summed E-state index contributed by atoms with van der Waals surface area (Å²) in [4.78, 5) is 6.66. The standard InChI is InChI=1S/C22H34N6/c1-23-22(24-15-21(27(2)3)19-14-25-28(4)16-19)26-20-12-10-18(11-13-20)17-8-6-5-7-9-17/h5-9,14,16,18,20-21H,10-13,15H2,1-4H3,(H2,23,24,26). The Balaban J connectivity index is 1.49. The zero-order chi connectivity index (χ0) is 19.9. The Labute approximate surface area is 169 Å². The van der Waals surface area contributed by atoms with Gasteiger partial charge in [-0.25, -0.2) is 0 Å². The third-order valence-electron chi connectivity index (χ3n) is 5.76. The van der Waals surface area contributed by atoms with Gasteiger partial charge in [0.05, 0.1) is 12.2 Å². The highest BCUT2D eigenvalue weighted by atomic mass is 15.3. The van der Waals surface area contributed by atoms with Crippen molar-refractivity contribution in [3.8, 4) is 0 Å². The van der Waals surface area contributed by atoms with Gasteiger partial charge in [0.15, 0.2) is 5.96 Å². The van der Waals surface area contributed by atoms with Crippen molar-refractivity contribution in [1.82, 2.24) is 25.3 Å². The molecule has 3 rings (SSSR count). The molecule has 152 valence electrons. The number of aryl methyl sites for hydroxylation is 1. The molecule has 1 aliphatic carbocycles. The number of nitrogens with zero attached hydrogens (tertiary/aromatic N) is 4. The van der Waals surface area contributed by atoms with Crippen LogP contribution < -0.4 is 10.6 Å². The SMILES string of the molecule is CN=C(NCC(c1cnn(C)c1)N(C)C)NC1CCC(c2ccccc2)CC1. The first-order valence-electron chi connectivity index (χ1n) is 10.2. The minimum absolute atomic E-state index is 0.251. The van der Waals surface area contributed by atoms with Crippen LogP contribution in [0.1, 0.15) is 48.8 Å². The average molecular weight is 383 g/mol. The second-order valence-corrected chi connectivity index (χ2v) is 7.98. The lowest BCUT2D eigenvalue weighted by Crippen LogP contribution is -2.46. The first-order chi connectivity index (χ1) is 13.6. The fourth-order valence-electron chi connectivity index (χ4n) is 4.09. The molecule has 1 heterocycles. The Morgan fingerprint density at radius 3 is 2.50 bits per heavy atom. The van der Waals surface area contributed by atoms with E-state index < -0.39 is 0 Å². The molecule has 2 aromatic rings. The minimum Gasteiger partial charge on any atom is -0.354 e. The number of guanidine groups is 1. The van der Waals surface area contributed by atoms with Crippen molar-refractivity contribution in [2.24, 2.45) is 12.0 Å². The Kier molecular flexibility index (Phi) is 7.09. The van der Waals surface area contributed by atoms with Crippen LogP contribution in [-0.2, 0) is 7.05 Å². The third kappa shape index (κ3) is 5.35. The summed E-state index contributed by atoms with van der Waals surface area (Å²) in [5.74, 6) is 1.58. The average Bonchev–Trinajstić information content (AvgIpc) is 3.14. The van der Waals surface area contributed by atoms with Crippen LogP contribution >= 0.6 is 0 Å². The van der Waals surface area contributed by atoms with Crippen molar-refractivity contribution in [1.29, 1.82) is 0 Å². The van der Waals surface area contributed by atoms with E-state index in [1.54, 1.807) is 0 Å². The molecule has 1 saturated carbocycles. The number of hydrogen-bond acceptors (Lipinski definition) is 3. The summed E-state index contributed by atoms with van der Waals surface area (Å²) in [6.07, 6.45) is 8.84. The van der Waals surface area contributed by atoms with Crippen LogP contribution in [0.3, 0.4) is 0 Å². The minimum atomic E-state index is 0.251. The maximum absolute atomic E-state index is 4.44. The number of rotatable bonds is 6. The number of aromatic nitrogens is 2. The summed E-state index contributed by atoms with van der Waals surface area (Å²) in [5.41, 5.74) is 2.69. The summed E-state index contributed by atoms with van der Waals surface area (Å²) in [6, 6.07) is 11.7. The Morgan fingerprint density at radius 2 is 1.93 bits per heavy atom. The third-order valence-corrected chi connectivity index (χ3v) is 5.76. The Bertz CT molecular complexity index is 743. The van der Waals surface area contributed by atoms with Gasteiger partial charge in [-0.1, -0.05) is 30.3 Å². The largest absolute Gasteiger partial charge is 0.354 e. The zero-order valence-corrected chi connectivity index (χ0v) is 17.6. The van der Waals surface area contributed by atoms with Gasteiger partial charge < -0.3 is 15.5 Å². The Morgan fingerprint density at radius 1 is 1.21 bits per heavy atom. The maximum Gasteiger partial charge on any atom is 0.191 e. The summed E-state index contributed by atoms with van der Waals surface area (Å²) in [7, 11) is 8.00. The number of likely N-dealkylation sites (N-methyl/N-ethyl adjacent to an activating group) is 1. The summed E-state index contributed by atoms with van der Waals surface area (Å²) >= 11 is 0. The van der Waals surface area contributed by atoms with E-state index >= 15 is 0 Å². The second-order valence-electron chi connectivity index (χ2n) is 7.98. The van der Waals surface area contributed by atoms with Crippen molar-refractivity contribution in [2.45, 2.75) is 43.7 Å². The molecule has 1 aliphatic rings. The van der Waals surface area contributed by atoms with Crippen LogP contribution in [0, 0.1) is 0 Å². The number of nitrogens with one attached hydrogen (secondary N) is 2. The van der Waals surface area contributed by atoms with Crippen molar-refractivity contribution in [3.05, 3.63) is 53.9 Å². The van der Waals surface area contributed by atoms with Gasteiger partial charge in [0.2, 0.25) is 0 Å². The highest BCUT2D eigenvalue weighted by molar-refractivity contribution is 5.80. The van der Waals surface area contributed by atoms with Crippen molar-refractivity contribution in [2.75, 3.05) is 27.7 Å². The Hall–Kier alpha value is -2.34. The molecule has 1 fully saturated rings. The zero-order valence-electron chi connectivity index (χ0n) is 17.6. The van der Waals surface area contributed by atoms with Crippen LogP contribution in [0.25, 0.3) is 0 Å². The summed E-state index contributed by atoms with van der Waals surface area (Å²) in [6.45, 7) is 0.789. The summed E-state index contributed by atoms with van der Waals surface area (Å²) in [5, 5.41) is 11.4. The fraction of sp³-hybridized carbons (Fsp3) is 0.545. The van der Waals surface area contributed by atoms with E-state index in [1.807, 2.05) is 25.0 Å². The first kappa shape index (κ1) is 20.4. The lowest BCUT2D eigenvalue weighted by molar-refractivity contribution is 0.297. The van der Waals surface area contributed by atoms with Crippen LogP contribution in [0.4, 0.5) is 0 Å². The molecule has 0 aliphatic heterocycles. The van der Waals surface area contributed by atoms with E-state index in [-0.39, 0.29) is 6.04 Å². The number of benzene rings is 1. The van der Waals surface area contributed by atoms with E-state index in [9.17, 15) is 0 Å². The van der Waals surface area contributed by atoms with Gasteiger partial charge in [0.25, 0.3) is 0 Å². The summed E-state index contributed by atoms with van der Waals surface area (Å²) < 4.78 is 1.85. The number of hydrogen-bond donors (Lipinski definition) is 2. The van der Waals surface area contributed by atoms with Gasteiger partial charge in [-0.3, -0.25) is 9.67 Å². The molecule has 2 N–H and O–H groups in total. The molecule has 6 heteroatoms. The maximum atomic E-state index is 4.44. The predicted molar refractivity (Wildman–Crippen MR) is 116 cm³/mol. The van der Waals surface area contributed by atoms with Crippen LogP contribution in [0.2, 0.25) is 0 Å². The van der Waals surface area contributed by atoms with E-state index in [2.05, 4.69) is 76.2 Å². The fourth-order valence-corrected chi connectivity index (χ4v) is 4.09. The molecule has 0 bridgehead atoms. The van der Waals surface area contributed by atoms with Gasteiger partial charge >= 0.3 is 0 Å². The van der Waals surface area contributed by atoms with Crippen LogP contribution in [0.5, 0.6) is 0 Å². The molecule has 0 spiro atoms. The predicted octanol–water partition coefficient (Wildman–Crippen LogP) is 2.91. The van der Waals surface area contributed by atoms with E-state index in [0.717, 1.165) is 12.5 Å². The van der Waals surface area contributed by atoms with E-state index in [0.29, 0.717) is 12.0 Å². The van der Waals surface area contributed by atoms with Crippen molar-refractivity contribution < 1.29 is 0 Å². The molecule has 1 unspecified atom stereocenters. The monoisotopic (exact) mass is 382 g/mol. The van der Waals surface area contributed by atoms with Gasteiger partial charge in [0, 0.05) is 38.4 Å². The molecule has 6 nitrogen and oxygen atoms in total. The normalized spacial score (nSPS) is 21.5. The van der Waals surface area contributed by atoms with E-state index in [1.165, 1.54) is 36.8 Å². The molecule has 1 aromatic heterocycles. The quantitative estimate of drug-likeness (QED) is 0.596. The second kappa shape index (κ2) is 9.73. The topological polar surface area (TPSA) is 57.5 Å². The van der Waals surface area contributed by atoms with Gasteiger partial charge in [-0.2, -0.15) is 5.10 Å². The molecular formula is C22H34N6. The van der Waals surface area contributed by atoms with Crippen LogP contribution in [0.15, 0.2) is 47.7 Å². The van der Waals surface area contributed by atoms with Gasteiger partial charge in [-0.05, 0) is 51.3 Å². The highest BCUT2D eigenvalue weighted by Crippen LogP contribution is 2.32. The molecule has 0 amide bonds. The van der Waals surface area contributed by atoms with Crippen LogP contribution in [-0.4, -0.2) is 54.4 Å². The van der Waals surface area contributed by atoms with Crippen molar-refractivity contribution in [3.63, 3.8) is 0 Å². The molecule has 28 heavy (non-hydrogen) atoms. The van der Waals surface area contributed by atoms with E-state index in [4.69, 9.17) is 0 Å². The first-order valence-corrected chi connectivity index (χ1v) is 10.2. The van der Waals surface area contributed by atoms with Crippen molar-refractivity contribution >= 4 is 5.96 Å². The molecular weight excluding hydrogens is 348 g/mol. The lowest BCUT2D eigenvalue weighted by Gasteiger charge is -2.31. The van der Waals surface area contributed by atoms with Gasteiger partial charge in [-0.15, -0.1) is 0 Å². The molecule has 1 aromatic carbocycles. The molecule has 0 radical (unpaired) electrons. The van der Waals surface area contributed by atoms with Gasteiger partial charge in [0.1, 0.15) is 0 Å².